The maximum atomic E-state index is 12.4. The molecule has 168 valence electrons. The summed E-state index contributed by atoms with van der Waals surface area (Å²) in [6.45, 7) is 7.34. The summed E-state index contributed by atoms with van der Waals surface area (Å²) in [6, 6.07) is 10.0. The Hall–Kier alpha value is -2.91. The van der Waals surface area contributed by atoms with Crippen LogP contribution >= 0.6 is 0 Å². The number of aryl methyl sites for hydroxylation is 2. The lowest BCUT2D eigenvalue weighted by Gasteiger charge is -2.15. The molecule has 0 radical (unpaired) electrons. The number of amides is 2. The number of hydrogen-bond acceptors (Lipinski definition) is 5. The molecule has 0 atom stereocenters. The number of sulfonamides is 1. The molecule has 8 nitrogen and oxygen atoms in total. The van der Waals surface area contributed by atoms with Gasteiger partial charge in [-0.15, -0.1) is 0 Å². The molecule has 0 aliphatic rings. The van der Waals surface area contributed by atoms with Crippen LogP contribution in [-0.2, 0) is 14.8 Å². The lowest BCUT2D eigenvalue weighted by molar-refractivity contribution is -0.114. The van der Waals surface area contributed by atoms with Gasteiger partial charge in [-0.2, -0.15) is 0 Å². The molecule has 0 heterocycles. The van der Waals surface area contributed by atoms with Crippen molar-refractivity contribution in [3.05, 3.63) is 53.1 Å². The van der Waals surface area contributed by atoms with Gasteiger partial charge in [0, 0.05) is 37.1 Å². The normalized spacial score (nSPS) is 11.5. The first-order valence-electron chi connectivity index (χ1n) is 9.90. The van der Waals surface area contributed by atoms with Crippen LogP contribution in [0.1, 0.15) is 35.3 Å². The van der Waals surface area contributed by atoms with Gasteiger partial charge in [0.25, 0.3) is 5.91 Å². The van der Waals surface area contributed by atoms with Crippen molar-refractivity contribution in [2.45, 2.75) is 38.6 Å². The maximum Gasteiger partial charge on any atom is 0.251 e. The van der Waals surface area contributed by atoms with Gasteiger partial charge in [0.05, 0.1) is 11.4 Å². The summed E-state index contributed by atoms with van der Waals surface area (Å²) >= 11 is 0. The minimum Gasteiger partial charge on any atom is -0.376 e. The van der Waals surface area contributed by atoms with Crippen LogP contribution in [0.5, 0.6) is 0 Å². The van der Waals surface area contributed by atoms with Gasteiger partial charge in [0.2, 0.25) is 15.9 Å². The highest BCUT2D eigenvalue weighted by molar-refractivity contribution is 7.89. The Balaban J connectivity index is 2.05. The zero-order valence-electron chi connectivity index (χ0n) is 18.7. The zero-order valence-corrected chi connectivity index (χ0v) is 19.6. The monoisotopic (exact) mass is 446 g/mol. The summed E-state index contributed by atoms with van der Waals surface area (Å²) in [6.07, 6.45) is 0. The lowest BCUT2D eigenvalue weighted by atomic mass is 10.1. The van der Waals surface area contributed by atoms with Crippen LogP contribution in [0.25, 0.3) is 0 Å². The summed E-state index contributed by atoms with van der Waals surface area (Å²) in [5, 5.41) is 8.60. The van der Waals surface area contributed by atoms with E-state index in [4.69, 9.17) is 0 Å². The second-order valence-electron chi connectivity index (χ2n) is 7.83. The van der Waals surface area contributed by atoms with Gasteiger partial charge in [-0.1, -0.05) is 6.07 Å². The van der Waals surface area contributed by atoms with Gasteiger partial charge in [-0.25, -0.2) is 12.7 Å². The van der Waals surface area contributed by atoms with Crippen molar-refractivity contribution in [1.82, 2.24) is 9.62 Å². The van der Waals surface area contributed by atoms with E-state index in [0.29, 0.717) is 16.8 Å². The van der Waals surface area contributed by atoms with Crippen LogP contribution in [0, 0.1) is 13.8 Å². The number of carbonyl (C=O) groups excluding carboxylic acids is 2. The quantitative estimate of drug-likeness (QED) is 0.578. The van der Waals surface area contributed by atoms with E-state index in [1.54, 1.807) is 37.3 Å². The van der Waals surface area contributed by atoms with Crippen LogP contribution < -0.4 is 16.0 Å². The Kier molecular flexibility index (Phi) is 7.80. The van der Waals surface area contributed by atoms with Gasteiger partial charge < -0.3 is 16.0 Å². The first-order valence-corrected chi connectivity index (χ1v) is 11.3. The number of benzene rings is 2. The number of anilines is 2. The second-order valence-corrected chi connectivity index (χ2v) is 9.95. The molecule has 3 N–H and O–H groups in total. The molecule has 0 saturated heterocycles. The van der Waals surface area contributed by atoms with E-state index in [-0.39, 0.29) is 29.3 Å². The molecule has 31 heavy (non-hydrogen) atoms. The Bertz CT molecular complexity index is 1080. The van der Waals surface area contributed by atoms with Crippen molar-refractivity contribution in [3.63, 3.8) is 0 Å². The molecule has 9 heteroatoms. The zero-order chi connectivity index (χ0) is 23.3. The minimum atomic E-state index is -3.61. The van der Waals surface area contributed by atoms with Gasteiger partial charge in [-0.05, 0) is 69.2 Å². The molecule has 0 unspecified atom stereocenters. The maximum absolute atomic E-state index is 12.4. The summed E-state index contributed by atoms with van der Waals surface area (Å²) in [5.74, 6) is -0.469. The predicted octanol–water partition coefficient (Wildman–Crippen LogP) is 2.74. The van der Waals surface area contributed by atoms with E-state index in [9.17, 15) is 18.0 Å². The first kappa shape index (κ1) is 24.4. The third-order valence-corrected chi connectivity index (χ3v) is 6.54. The van der Waals surface area contributed by atoms with Crippen molar-refractivity contribution >= 4 is 33.2 Å². The van der Waals surface area contributed by atoms with Gasteiger partial charge in [0.1, 0.15) is 0 Å². The molecular weight excluding hydrogens is 416 g/mol. The lowest BCUT2D eigenvalue weighted by Crippen LogP contribution is -2.30. The molecular formula is C22H30N4O4S. The minimum absolute atomic E-state index is 0.0119. The standard InChI is InChI=1S/C22H30N4O4S/c1-14(2)24-22(28)17-8-10-19(16(4)11-17)23-13-21(27)25-18-9-7-15(3)20(12-18)31(29,30)26(5)6/h7-12,14,23H,13H2,1-6H3,(H,24,28)(H,25,27). The van der Waals surface area contributed by atoms with Crippen LogP contribution in [0.4, 0.5) is 11.4 Å². The highest BCUT2D eigenvalue weighted by atomic mass is 32.2. The van der Waals surface area contributed by atoms with Gasteiger partial charge >= 0.3 is 0 Å². The predicted molar refractivity (Wildman–Crippen MR) is 123 cm³/mol. The Morgan fingerprint density at radius 3 is 2.26 bits per heavy atom. The summed E-state index contributed by atoms with van der Waals surface area (Å²) in [7, 11) is -0.687. The molecule has 2 rings (SSSR count). The van der Waals surface area contributed by atoms with Crippen molar-refractivity contribution in [2.75, 3.05) is 31.3 Å². The molecule has 2 aromatic carbocycles. The van der Waals surface area contributed by atoms with Gasteiger partial charge in [-0.3, -0.25) is 9.59 Å². The van der Waals surface area contributed by atoms with E-state index < -0.39 is 10.0 Å². The number of nitrogens with zero attached hydrogens (tertiary/aromatic N) is 1. The molecule has 0 aromatic heterocycles. The number of hydrogen-bond donors (Lipinski definition) is 3. The average Bonchev–Trinajstić information content (AvgIpc) is 2.67. The SMILES string of the molecule is Cc1cc(C(=O)NC(C)C)ccc1NCC(=O)Nc1ccc(C)c(S(=O)(=O)N(C)C)c1. The fourth-order valence-electron chi connectivity index (χ4n) is 2.88. The molecule has 2 amide bonds. The third kappa shape index (κ3) is 6.28. The highest BCUT2D eigenvalue weighted by Gasteiger charge is 2.20. The average molecular weight is 447 g/mol. The summed E-state index contributed by atoms with van der Waals surface area (Å²) in [4.78, 5) is 24.6. The van der Waals surface area contributed by atoms with Crippen molar-refractivity contribution in [2.24, 2.45) is 0 Å². The Morgan fingerprint density at radius 2 is 1.68 bits per heavy atom. The first-order chi connectivity index (χ1) is 14.4. The topological polar surface area (TPSA) is 108 Å². The fourth-order valence-corrected chi connectivity index (χ4v) is 4.03. The molecule has 0 saturated carbocycles. The highest BCUT2D eigenvalue weighted by Crippen LogP contribution is 2.22. The van der Waals surface area contributed by atoms with E-state index in [1.807, 2.05) is 20.8 Å². The van der Waals surface area contributed by atoms with Crippen LogP contribution in [0.3, 0.4) is 0 Å². The molecule has 0 bridgehead atoms. The van der Waals surface area contributed by atoms with E-state index >= 15 is 0 Å². The van der Waals surface area contributed by atoms with Crippen LogP contribution in [-0.4, -0.2) is 51.2 Å². The molecule has 2 aromatic rings. The second kappa shape index (κ2) is 9.93. The molecule has 0 spiro atoms. The molecule has 0 fully saturated rings. The number of rotatable bonds is 8. The van der Waals surface area contributed by atoms with Crippen molar-refractivity contribution < 1.29 is 18.0 Å². The van der Waals surface area contributed by atoms with E-state index in [0.717, 1.165) is 15.6 Å². The van der Waals surface area contributed by atoms with Crippen LogP contribution in [0.2, 0.25) is 0 Å². The fraction of sp³-hybridized carbons (Fsp3) is 0.364. The number of carbonyl (C=O) groups is 2. The van der Waals surface area contributed by atoms with E-state index in [2.05, 4.69) is 16.0 Å². The van der Waals surface area contributed by atoms with Crippen LogP contribution in [0.15, 0.2) is 41.3 Å². The van der Waals surface area contributed by atoms with Crippen molar-refractivity contribution in [1.29, 1.82) is 0 Å². The summed E-state index contributed by atoms with van der Waals surface area (Å²) < 4.78 is 26.0. The number of nitrogens with one attached hydrogen (secondary N) is 3. The summed E-state index contributed by atoms with van der Waals surface area (Å²) in [5.41, 5.74) is 3.11. The largest absolute Gasteiger partial charge is 0.376 e. The smallest absolute Gasteiger partial charge is 0.251 e. The Labute approximate surface area is 184 Å². The third-order valence-electron chi connectivity index (χ3n) is 4.58. The molecule has 0 aliphatic carbocycles. The van der Waals surface area contributed by atoms with Crippen molar-refractivity contribution in [3.8, 4) is 0 Å². The van der Waals surface area contributed by atoms with Gasteiger partial charge in [0.15, 0.2) is 0 Å². The molecule has 0 aliphatic heterocycles. The Morgan fingerprint density at radius 1 is 1.00 bits per heavy atom. The van der Waals surface area contributed by atoms with E-state index in [1.165, 1.54) is 20.2 Å².